The molecular formula is C28H50N4P+. The highest BCUT2D eigenvalue weighted by Crippen LogP contribution is 2.65. The van der Waals surface area contributed by atoms with Crippen molar-refractivity contribution in [3.63, 3.8) is 0 Å². The molecule has 33 heavy (non-hydrogen) atoms. The Morgan fingerprint density at radius 3 is 2.27 bits per heavy atom. The van der Waals surface area contributed by atoms with Gasteiger partial charge in [-0.2, -0.15) is 0 Å². The number of aryl methyl sites for hydroxylation is 1. The standard InChI is InChI=1S/C28H50N4P/c1-11-14-15-20-25(18-12-2)33(9,10)32(28(6,7)8)31(26-21-17-16-19-23(26)4)27(30-13-3)24(5)22-29/h12-13,16-19,21,25H,11,14-15,20,22,29H2,1-10H3/q+1/b18-12+,27-24+,30-13?. The van der Waals surface area contributed by atoms with E-state index < -0.39 is 7.41 Å². The average molecular weight is 474 g/mol. The molecule has 1 atom stereocenters. The van der Waals surface area contributed by atoms with E-state index in [1.54, 1.807) is 0 Å². The molecule has 0 aliphatic rings. The Balaban J connectivity index is 3.90. The molecule has 1 rings (SSSR count). The van der Waals surface area contributed by atoms with Crippen LogP contribution in [0.2, 0.25) is 0 Å². The first-order valence-corrected chi connectivity index (χ1v) is 15.2. The number of nitrogens with two attached hydrogens (primary N) is 1. The Labute approximate surface area is 205 Å². The molecular weight excluding hydrogens is 423 g/mol. The second-order valence-corrected chi connectivity index (χ2v) is 14.3. The Morgan fingerprint density at radius 1 is 1.15 bits per heavy atom. The molecule has 0 radical (unpaired) electrons. The van der Waals surface area contributed by atoms with Gasteiger partial charge in [0.2, 0.25) is 0 Å². The molecule has 1 unspecified atom stereocenters. The summed E-state index contributed by atoms with van der Waals surface area (Å²) < 4.78 is 2.65. The summed E-state index contributed by atoms with van der Waals surface area (Å²) in [6, 6.07) is 8.63. The first-order valence-electron chi connectivity index (χ1n) is 12.5. The monoisotopic (exact) mass is 473 g/mol. The van der Waals surface area contributed by atoms with Crippen LogP contribution >= 0.6 is 7.41 Å². The van der Waals surface area contributed by atoms with Gasteiger partial charge in [-0.25, -0.2) is 10.0 Å². The van der Waals surface area contributed by atoms with Crippen LogP contribution in [-0.2, 0) is 0 Å². The van der Waals surface area contributed by atoms with Gasteiger partial charge in [0.25, 0.3) is 0 Å². The van der Waals surface area contributed by atoms with Crippen LogP contribution in [0.5, 0.6) is 0 Å². The van der Waals surface area contributed by atoms with E-state index in [-0.39, 0.29) is 5.54 Å². The van der Waals surface area contributed by atoms with E-state index >= 15 is 0 Å². The summed E-state index contributed by atoms with van der Waals surface area (Å²) in [6.45, 7) is 23.1. The lowest BCUT2D eigenvalue weighted by Crippen LogP contribution is -2.53. The van der Waals surface area contributed by atoms with Crippen molar-refractivity contribution in [2.45, 2.75) is 92.3 Å². The van der Waals surface area contributed by atoms with Gasteiger partial charge in [-0.05, 0) is 84.6 Å². The van der Waals surface area contributed by atoms with Crippen LogP contribution in [0, 0.1) is 6.92 Å². The lowest BCUT2D eigenvalue weighted by molar-refractivity contribution is 0.250. The quantitative estimate of drug-likeness (QED) is 0.111. The maximum Gasteiger partial charge on any atom is 0.150 e. The van der Waals surface area contributed by atoms with E-state index in [9.17, 15) is 0 Å². The molecule has 0 heterocycles. The van der Waals surface area contributed by atoms with Crippen molar-refractivity contribution in [3.05, 3.63) is 53.4 Å². The predicted molar refractivity (Wildman–Crippen MR) is 153 cm³/mol. The van der Waals surface area contributed by atoms with E-state index in [1.807, 2.05) is 13.1 Å². The summed E-state index contributed by atoms with van der Waals surface area (Å²) in [5.74, 6) is 0.935. The Kier molecular flexibility index (Phi) is 12.0. The number of allylic oxidation sites excluding steroid dienone is 2. The third kappa shape index (κ3) is 7.77. The molecule has 2 N–H and O–H groups in total. The van der Waals surface area contributed by atoms with Gasteiger partial charge < -0.3 is 5.73 Å². The van der Waals surface area contributed by atoms with E-state index in [0.717, 1.165) is 11.4 Å². The molecule has 4 nitrogen and oxygen atoms in total. The SMILES string of the molecule is CC=N/C(=C(/C)CN)N(c1ccccc1C)N(C(C)(C)C)[P+](C)(C)C(/C=C/C)CCCCC. The van der Waals surface area contributed by atoms with E-state index in [1.165, 1.54) is 36.9 Å². The Bertz CT molecular complexity index is 817. The molecule has 0 aliphatic heterocycles. The molecule has 0 amide bonds. The van der Waals surface area contributed by atoms with Crippen molar-refractivity contribution >= 4 is 19.3 Å². The van der Waals surface area contributed by atoms with Crippen LogP contribution in [-0.4, -0.2) is 42.1 Å². The van der Waals surface area contributed by atoms with Gasteiger partial charge in [0.1, 0.15) is 18.9 Å². The molecule has 0 aliphatic carbocycles. The number of benzene rings is 1. The fourth-order valence-corrected chi connectivity index (χ4v) is 8.44. The summed E-state index contributed by atoms with van der Waals surface area (Å²) in [5, 5.41) is 2.39. The molecule has 0 aromatic heterocycles. The number of hydrazine groups is 1. The zero-order chi connectivity index (χ0) is 25.2. The summed E-state index contributed by atoms with van der Waals surface area (Å²) in [6.07, 6.45) is 11.6. The van der Waals surface area contributed by atoms with Crippen LogP contribution in [0.25, 0.3) is 0 Å². The minimum Gasteiger partial charge on any atom is -0.327 e. The molecule has 0 saturated carbocycles. The number of hydrogen-bond acceptors (Lipinski definition) is 4. The molecule has 0 saturated heterocycles. The normalized spacial score (nSPS) is 14.9. The second-order valence-electron chi connectivity index (χ2n) is 10.3. The van der Waals surface area contributed by atoms with Crippen molar-refractivity contribution in [1.29, 1.82) is 0 Å². The molecule has 186 valence electrons. The highest BCUT2D eigenvalue weighted by Gasteiger charge is 2.51. The van der Waals surface area contributed by atoms with Gasteiger partial charge in [0, 0.05) is 12.8 Å². The summed E-state index contributed by atoms with van der Waals surface area (Å²) in [7, 11) is -1.69. The third-order valence-corrected chi connectivity index (χ3v) is 9.90. The van der Waals surface area contributed by atoms with Crippen LogP contribution < -0.4 is 10.7 Å². The zero-order valence-corrected chi connectivity index (χ0v) is 23.9. The molecule has 1 aromatic rings. The molecule has 0 bridgehead atoms. The second kappa shape index (κ2) is 13.4. The largest absolute Gasteiger partial charge is 0.327 e. The number of unbranched alkanes of at least 4 members (excludes halogenated alkanes) is 2. The Hall–Kier alpha value is -1.48. The minimum absolute atomic E-state index is 0.118. The topological polar surface area (TPSA) is 44.9 Å². The first kappa shape index (κ1) is 29.6. The van der Waals surface area contributed by atoms with Crippen molar-refractivity contribution in [3.8, 4) is 0 Å². The van der Waals surface area contributed by atoms with Crippen molar-refractivity contribution in [2.75, 3.05) is 24.9 Å². The van der Waals surface area contributed by atoms with Crippen LogP contribution in [0.15, 0.2) is 52.8 Å². The number of rotatable bonds is 12. The van der Waals surface area contributed by atoms with Gasteiger partial charge in [-0.3, -0.25) is 0 Å². The molecule has 0 spiro atoms. The molecule has 1 aromatic carbocycles. The van der Waals surface area contributed by atoms with Crippen LogP contribution in [0.3, 0.4) is 0 Å². The number of para-hydroxylation sites is 1. The highest BCUT2D eigenvalue weighted by atomic mass is 31.2. The zero-order valence-electron chi connectivity index (χ0n) is 23.0. The van der Waals surface area contributed by atoms with Crippen LogP contribution in [0.4, 0.5) is 5.69 Å². The van der Waals surface area contributed by atoms with Gasteiger partial charge in [-0.15, -0.1) is 0 Å². The molecule has 0 fully saturated rings. The van der Waals surface area contributed by atoms with Gasteiger partial charge in [0.15, 0.2) is 0 Å². The maximum atomic E-state index is 6.18. The Morgan fingerprint density at radius 2 is 1.79 bits per heavy atom. The lowest BCUT2D eigenvalue weighted by Gasteiger charge is -2.49. The van der Waals surface area contributed by atoms with Gasteiger partial charge in [0.05, 0.1) is 24.6 Å². The molecule has 5 heteroatoms. The van der Waals surface area contributed by atoms with Gasteiger partial charge >= 0.3 is 0 Å². The van der Waals surface area contributed by atoms with Crippen molar-refractivity contribution < 1.29 is 0 Å². The van der Waals surface area contributed by atoms with E-state index in [0.29, 0.717) is 12.2 Å². The number of anilines is 1. The van der Waals surface area contributed by atoms with Crippen molar-refractivity contribution in [2.24, 2.45) is 10.7 Å². The van der Waals surface area contributed by atoms with E-state index in [4.69, 9.17) is 10.7 Å². The van der Waals surface area contributed by atoms with Crippen molar-refractivity contribution in [1.82, 2.24) is 4.78 Å². The van der Waals surface area contributed by atoms with E-state index in [2.05, 4.69) is 108 Å². The third-order valence-electron chi connectivity index (χ3n) is 6.09. The average Bonchev–Trinajstić information content (AvgIpc) is 2.74. The number of nitrogens with zero attached hydrogens (tertiary/aromatic N) is 3. The van der Waals surface area contributed by atoms with Crippen LogP contribution in [0.1, 0.15) is 79.7 Å². The number of aliphatic imine (C=N–C) groups is 1. The summed E-state index contributed by atoms with van der Waals surface area (Å²) in [4.78, 5) is 4.90. The highest BCUT2D eigenvalue weighted by molar-refractivity contribution is 7.73. The number of hydrogen-bond donors (Lipinski definition) is 1. The smallest absolute Gasteiger partial charge is 0.150 e. The van der Waals surface area contributed by atoms with Gasteiger partial charge in [-0.1, -0.05) is 48.8 Å². The summed E-state index contributed by atoms with van der Waals surface area (Å²) >= 11 is 0. The summed E-state index contributed by atoms with van der Waals surface area (Å²) in [5.41, 5.74) is 10.1. The maximum absolute atomic E-state index is 6.18. The fraction of sp³-hybridized carbons (Fsp3) is 0.607. The fourth-order valence-electron chi connectivity index (χ4n) is 4.56. The minimum atomic E-state index is -1.69. The lowest BCUT2D eigenvalue weighted by atomic mass is 10.1. The first-order chi connectivity index (χ1) is 15.5. The predicted octanol–water partition coefficient (Wildman–Crippen LogP) is 7.82.